The normalized spacial score (nSPS) is 21.4. The predicted molar refractivity (Wildman–Crippen MR) is 113 cm³/mol. The zero-order valence-corrected chi connectivity index (χ0v) is 18.4. The molecule has 0 amide bonds. The third-order valence-corrected chi connectivity index (χ3v) is 5.39. The molecular formula is C24H38O3. The number of hydrogen-bond acceptors (Lipinski definition) is 3. The molecule has 0 spiro atoms. The van der Waals surface area contributed by atoms with Crippen molar-refractivity contribution in [2.24, 2.45) is 11.8 Å². The van der Waals surface area contributed by atoms with Crippen molar-refractivity contribution in [1.82, 2.24) is 0 Å². The highest BCUT2D eigenvalue weighted by Gasteiger charge is 2.35. The Bertz CT molecular complexity index is 616. The molecule has 2 atom stereocenters. The minimum Gasteiger partial charge on any atom is -0.497 e. The topological polar surface area (TPSA) is 35.5 Å². The Morgan fingerprint density at radius 2 is 1.56 bits per heavy atom. The second-order valence-electron chi connectivity index (χ2n) is 7.97. The van der Waals surface area contributed by atoms with Crippen molar-refractivity contribution >= 4 is 5.78 Å². The average Bonchev–Trinajstić information content (AvgIpc) is 2.62. The van der Waals surface area contributed by atoms with E-state index in [2.05, 4.69) is 45.9 Å². The quantitative estimate of drug-likeness (QED) is 0.408. The molecule has 0 bridgehead atoms. The zero-order valence-electron chi connectivity index (χ0n) is 18.4. The fourth-order valence-electron chi connectivity index (χ4n) is 3.44. The fourth-order valence-corrected chi connectivity index (χ4v) is 3.44. The van der Waals surface area contributed by atoms with Gasteiger partial charge in [-0.3, -0.25) is 4.79 Å². The Labute approximate surface area is 166 Å². The molecule has 27 heavy (non-hydrogen) atoms. The third-order valence-electron chi connectivity index (χ3n) is 5.39. The summed E-state index contributed by atoms with van der Waals surface area (Å²) in [6, 6.07) is 0. The summed E-state index contributed by atoms with van der Waals surface area (Å²) in [5, 5.41) is 0. The van der Waals surface area contributed by atoms with E-state index < -0.39 is 0 Å². The fraction of sp³-hybridized carbons (Fsp3) is 0.625. The Balaban J connectivity index is 2.53. The Hall–Kier alpha value is -1.77. The van der Waals surface area contributed by atoms with Crippen LogP contribution in [0.2, 0.25) is 0 Å². The largest absolute Gasteiger partial charge is 0.497 e. The summed E-state index contributed by atoms with van der Waals surface area (Å²) in [6.07, 6.45) is 13.1. The van der Waals surface area contributed by atoms with Gasteiger partial charge < -0.3 is 9.47 Å². The highest BCUT2D eigenvalue weighted by Crippen LogP contribution is 2.34. The summed E-state index contributed by atoms with van der Waals surface area (Å²) in [5.41, 5.74) is 4.25. The number of Topliss-reactive ketones (excluding diaryl/α,β-unsaturated/α-hetero) is 1. The van der Waals surface area contributed by atoms with Crippen molar-refractivity contribution in [3.63, 3.8) is 0 Å². The zero-order chi connectivity index (χ0) is 20.4. The highest BCUT2D eigenvalue weighted by molar-refractivity contribution is 5.96. The van der Waals surface area contributed by atoms with Crippen LogP contribution in [0.15, 0.2) is 46.5 Å². The molecule has 1 aliphatic carbocycles. The molecule has 1 unspecified atom stereocenters. The minimum absolute atomic E-state index is 0.0277. The van der Waals surface area contributed by atoms with Crippen molar-refractivity contribution in [2.75, 3.05) is 14.2 Å². The number of carbonyl (C=O) groups excluding carboxylic acids is 1. The first-order valence-corrected chi connectivity index (χ1v) is 10.1. The van der Waals surface area contributed by atoms with Gasteiger partial charge in [0.1, 0.15) is 5.76 Å². The molecule has 1 aliphatic rings. The van der Waals surface area contributed by atoms with Crippen LogP contribution in [0.5, 0.6) is 0 Å². The summed E-state index contributed by atoms with van der Waals surface area (Å²) in [6.45, 7) is 10.7. The van der Waals surface area contributed by atoms with Crippen LogP contribution in [0.25, 0.3) is 0 Å². The van der Waals surface area contributed by atoms with Gasteiger partial charge in [-0.05, 0) is 65.7 Å². The van der Waals surface area contributed by atoms with Crippen molar-refractivity contribution in [1.29, 1.82) is 0 Å². The maximum absolute atomic E-state index is 12.5. The van der Waals surface area contributed by atoms with Gasteiger partial charge in [0, 0.05) is 12.3 Å². The summed E-state index contributed by atoms with van der Waals surface area (Å²) in [5.74, 6) is 1.40. The van der Waals surface area contributed by atoms with Crippen LogP contribution in [-0.2, 0) is 14.3 Å². The molecule has 0 heterocycles. The van der Waals surface area contributed by atoms with E-state index in [0.29, 0.717) is 11.5 Å². The maximum Gasteiger partial charge on any atom is 0.203 e. The predicted octanol–water partition coefficient (Wildman–Crippen LogP) is 6.53. The number of carbonyl (C=O) groups is 1. The molecule has 3 heteroatoms. The molecule has 0 aliphatic heterocycles. The molecule has 0 saturated carbocycles. The standard InChI is InChI=1S/C24H38O3/c1-17(2)10-8-11-18(3)12-9-13-19(4)14-15-21-16-22(26-6)24(27-7)23(25)20(21)5/h10,12,14,20-21H,8-9,11,13,15-16H2,1-7H3/b18-12+,19-14+/t20?,21-/m1/s1. The van der Waals surface area contributed by atoms with Crippen LogP contribution in [0.4, 0.5) is 0 Å². The van der Waals surface area contributed by atoms with Crippen molar-refractivity contribution in [3.8, 4) is 0 Å². The lowest BCUT2D eigenvalue weighted by Gasteiger charge is -2.29. The molecule has 0 radical (unpaired) electrons. The van der Waals surface area contributed by atoms with E-state index in [4.69, 9.17) is 9.47 Å². The molecule has 0 N–H and O–H groups in total. The van der Waals surface area contributed by atoms with E-state index in [0.717, 1.165) is 38.5 Å². The highest BCUT2D eigenvalue weighted by atomic mass is 16.5. The number of ketones is 1. The van der Waals surface area contributed by atoms with Crippen LogP contribution in [-0.4, -0.2) is 20.0 Å². The third kappa shape index (κ3) is 7.78. The van der Waals surface area contributed by atoms with E-state index in [1.54, 1.807) is 14.2 Å². The van der Waals surface area contributed by atoms with Crippen LogP contribution in [0.3, 0.4) is 0 Å². The van der Waals surface area contributed by atoms with E-state index in [-0.39, 0.29) is 17.6 Å². The lowest BCUT2D eigenvalue weighted by Crippen LogP contribution is -2.30. The van der Waals surface area contributed by atoms with Gasteiger partial charge in [0.15, 0.2) is 5.76 Å². The van der Waals surface area contributed by atoms with Gasteiger partial charge in [-0.15, -0.1) is 0 Å². The SMILES string of the molecule is COC1=C(OC)C(=O)C(C)[C@H](C/C=C(\C)CC/C=C(\C)CCC=C(C)C)C1. The van der Waals surface area contributed by atoms with Crippen LogP contribution < -0.4 is 0 Å². The lowest BCUT2D eigenvalue weighted by atomic mass is 9.79. The summed E-state index contributed by atoms with van der Waals surface area (Å²) in [4.78, 5) is 12.5. The Morgan fingerprint density at radius 3 is 2.11 bits per heavy atom. The maximum atomic E-state index is 12.5. The smallest absolute Gasteiger partial charge is 0.203 e. The van der Waals surface area contributed by atoms with Gasteiger partial charge in [-0.1, -0.05) is 41.9 Å². The monoisotopic (exact) mass is 374 g/mol. The molecular weight excluding hydrogens is 336 g/mol. The molecule has 1 rings (SSSR count). The second kappa shape index (κ2) is 11.8. The average molecular weight is 375 g/mol. The van der Waals surface area contributed by atoms with Gasteiger partial charge in [0.2, 0.25) is 5.78 Å². The van der Waals surface area contributed by atoms with E-state index >= 15 is 0 Å². The molecule has 0 aromatic rings. The van der Waals surface area contributed by atoms with Crippen molar-refractivity contribution in [2.45, 2.75) is 73.1 Å². The molecule has 0 saturated heterocycles. The van der Waals surface area contributed by atoms with Crippen LogP contribution >= 0.6 is 0 Å². The molecule has 0 fully saturated rings. The number of ether oxygens (including phenoxy) is 2. The number of hydrogen-bond donors (Lipinski definition) is 0. The summed E-state index contributed by atoms with van der Waals surface area (Å²) in [7, 11) is 3.15. The van der Waals surface area contributed by atoms with E-state index in [1.165, 1.54) is 16.7 Å². The van der Waals surface area contributed by atoms with Gasteiger partial charge in [-0.25, -0.2) is 0 Å². The molecule has 152 valence electrons. The first-order valence-electron chi connectivity index (χ1n) is 10.1. The Morgan fingerprint density at radius 1 is 0.963 bits per heavy atom. The summed E-state index contributed by atoms with van der Waals surface area (Å²) < 4.78 is 10.6. The lowest BCUT2D eigenvalue weighted by molar-refractivity contribution is -0.125. The minimum atomic E-state index is -0.0277. The van der Waals surface area contributed by atoms with Gasteiger partial charge in [-0.2, -0.15) is 0 Å². The number of rotatable bonds is 10. The first kappa shape index (κ1) is 23.3. The Kier molecular flexibility index (Phi) is 10.2. The van der Waals surface area contributed by atoms with Gasteiger partial charge >= 0.3 is 0 Å². The molecule has 0 aromatic carbocycles. The first-order chi connectivity index (χ1) is 12.8. The number of allylic oxidation sites excluding steroid dienone is 8. The summed E-state index contributed by atoms with van der Waals surface area (Å²) >= 11 is 0. The van der Waals surface area contributed by atoms with Gasteiger partial charge in [0.05, 0.1) is 14.2 Å². The molecule has 0 aromatic heterocycles. The molecule has 3 nitrogen and oxygen atoms in total. The van der Waals surface area contributed by atoms with E-state index in [9.17, 15) is 4.79 Å². The number of methoxy groups -OCH3 is 2. The van der Waals surface area contributed by atoms with Gasteiger partial charge in [0.25, 0.3) is 0 Å². The van der Waals surface area contributed by atoms with E-state index in [1.807, 2.05) is 6.92 Å². The van der Waals surface area contributed by atoms with Crippen molar-refractivity contribution in [3.05, 3.63) is 46.5 Å². The van der Waals surface area contributed by atoms with Crippen LogP contribution in [0.1, 0.15) is 73.1 Å². The van der Waals surface area contributed by atoms with Crippen molar-refractivity contribution < 1.29 is 14.3 Å². The van der Waals surface area contributed by atoms with Crippen LogP contribution in [0, 0.1) is 11.8 Å². The second-order valence-corrected chi connectivity index (χ2v) is 7.97.